The fourth-order valence-electron chi connectivity index (χ4n) is 4.61. The fourth-order valence-corrected chi connectivity index (χ4v) is 4.61. The van der Waals surface area contributed by atoms with Crippen LogP contribution in [0, 0.1) is 11.7 Å². The molecule has 2 bridgehead atoms. The molecule has 2 saturated heterocycles. The van der Waals surface area contributed by atoms with Crippen LogP contribution in [0.4, 0.5) is 17.6 Å². The van der Waals surface area contributed by atoms with Crippen LogP contribution in [0.3, 0.4) is 0 Å². The van der Waals surface area contributed by atoms with Gasteiger partial charge in [0.2, 0.25) is 5.88 Å². The molecule has 1 saturated carbocycles. The van der Waals surface area contributed by atoms with Gasteiger partial charge in [-0.3, -0.25) is 9.78 Å². The second-order valence-electron chi connectivity index (χ2n) is 8.37. The van der Waals surface area contributed by atoms with Gasteiger partial charge in [0.05, 0.1) is 29.6 Å². The highest BCUT2D eigenvalue weighted by atomic mass is 19.4. The lowest BCUT2D eigenvalue weighted by molar-refractivity contribution is -0.137. The van der Waals surface area contributed by atoms with Gasteiger partial charge in [0.1, 0.15) is 11.8 Å². The molecular formula is C23H19F4N5O2. The van der Waals surface area contributed by atoms with Gasteiger partial charge in [0.15, 0.2) is 11.6 Å². The first kappa shape index (κ1) is 22.2. The summed E-state index contributed by atoms with van der Waals surface area (Å²) in [5.74, 6) is -0.474. The number of pyridine rings is 2. The molecule has 3 aliphatic rings. The van der Waals surface area contributed by atoms with Gasteiger partial charge in [-0.2, -0.15) is 13.2 Å². The Hall–Kier alpha value is -3.63. The number of hydrogen-bond donors (Lipinski definition) is 0. The van der Waals surface area contributed by atoms with Gasteiger partial charge in [-0.25, -0.2) is 19.3 Å². The fraction of sp³-hybridized carbons (Fsp3) is 0.348. The lowest BCUT2D eigenvalue weighted by atomic mass is 9.77. The highest BCUT2D eigenvalue weighted by molar-refractivity contribution is 5.98. The molecule has 3 atom stereocenters. The van der Waals surface area contributed by atoms with Crippen LogP contribution in [0.5, 0.6) is 5.88 Å². The number of carbonyl (C=O) groups excluding carboxylic acids is 1. The van der Waals surface area contributed by atoms with Crippen molar-refractivity contribution in [3.05, 3.63) is 66.1 Å². The third kappa shape index (κ3) is 4.29. The summed E-state index contributed by atoms with van der Waals surface area (Å²) in [4.78, 5) is 31.2. The van der Waals surface area contributed by atoms with Crippen LogP contribution in [0.1, 0.15) is 35.3 Å². The number of fused-ring (bicyclic) bond motifs is 3. The van der Waals surface area contributed by atoms with Crippen LogP contribution in [0.2, 0.25) is 0 Å². The van der Waals surface area contributed by atoms with Gasteiger partial charge in [-0.05, 0) is 43.4 Å². The minimum atomic E-state index is -4.48. The van der Waals surface area contributed by atoms with E-state index < -0.39 is 23.7 Å². The average molecular weight is 473 g/mol. The van der Waals surface area contributed by atoms with Gasteiger partial charge in [0.25, 0.3) is 5.91 Å². The van der Waals surface area contributed by atoms with Crippen LogP contribution < -0.4 is 4.74 Å². The second-order valence-corrected chi connectivity index (χ2v) is 8.37. The SMILES string of the molecule is O=C(c1ncccc1-c1ncc(F)cn1)N1C[C@@H]2CC[C@H]1[C@H](Oc1ccc(C(F)(F)F)cn1)C2. The van der Waals surface area contributed by atoms with Crippen LogP contribution in [-0.4, -0.2) is 49.4 Å². The Morgan fingerprint density at radius 1 is 1.03 bits per heavy atom. The number of rotatable bonds is 4. The van der Waals surface area contributed by atoms with E-state index in [2.05, 4.69) is 19.9 Å². The molecule has 0 spiro atoms. The minimum absolute atomic E-state index is 0.0798. The first-order valence-corrected chi connectivity index (χ1v) is 10.7. The summed E-state index contributed by atoms with van der Waals surface area (Å²) < 4.78 is 57.7. The highest BCUT2D eigenvalue weighted by Crippen LogP contribution is 2.38. The Morgan fingerprint density at radius 2 is 1.82 bits per heavy atom. The summed E-state index contributed by atoms with van der Waals surface area (Å²) in [6.45, 7) is 0.518. The zero-order valence-corrected chi connectivity index (χ0v) is 17.7. The zero-order valence-electron chi connectivity index (χ0n) is 17.7. The van der Waals surface area contributed by atoms with Crippen molar-refractivity contribution >= 4 is 5.91 Å². The predicted octanol–water partition coefficient (Wildman–Crippen LogP) is 4.16. The number of amides is 1. The topological polar surface area (TPSA) is 81.1 Å². The van der Waals surface area contributed by atoms with E-state index in [1.165, 1.54) is 12.3 Å². The van der Waals surface area contributed by atoms with E-state index in [0.29, 0.717) is 24.9 Å². The molecule has 3 aromatic rings. The maximum absolute atomic E-state index is 13.5. The third-order valence-electron chi connectivity index (χ3n) is 6.19. The molecule has 1 amide bonds. The molecule has 2 aliphatic heterocycles. The lowest BCUT2D eigenvalue weighted by Crippen LogP contribution is -2.59. The summed E-state index contributed by atoms with van der Waals surface area (Å²) in [5.41, 5.74) is -0.323. The Morgan fingerprint density at radius 3 is 2.50 bits per heavy atom. The first-order valence-electron chi connectivity index (χ1n) is 10.7. The normalized spacial score (nSPS) is 22.0. The molecule has 0 aromatic carbocycles. The number of nitrogens with zero attached hydrogens (tertiary/aromatic N) is 5. The van der Waals surface area contributed by atoms with Crippen molar-refractivity contribution < 1.29 is 27.1 Å². The summed E-state index contributed by atoms with van der Waals surface area (Å²) in [5, 5.41) is 0. The van der Waals surface area contributed by atoms with E-state index in [1.807, 2.05) is 0 Å². The average Bonchev–Trinajstić information content (AvgIpc) is 2.84. The molecule has 7 nitrogen and oxygen atoms in total. The van der Waals surface area contributed by atoms with Crippen LogP contribution >= 0.6 is 0 Å². The molecule has 0 radical (unpaired) electrons. The van der Waals surface area contributed by atoms with E-state index in [0.717, 1.165) is 31.1 Å². The summed E-state index contributed by atoms with van der Waals surface area (Å²) in [6.07, 6.45) is 1.67. The standard InChI is InChI=1S/C23H19F4N5O2/c24-15-10-30-21(31-11-15)16-2-1-7-28-20(16)22(33)32-12-13-3-5-17(32)18(8-13)34-19-6-4-14(9-29-19)23(25,26)27/h1-2,4,6-7,9-11,13,17-18H,3,5,8,12H2/t13-,17+,18-/m1/s1. The minimum Gasteiger partial charge on any atom is -0.472 e. The van der Waals surface area contributed by atoms with E-state index in [4.69, 9.17) is 4.74 Å². The quantitative estimate of drug-likeness (QED) is 0.530. The first-order chi connectivity index (χ1) is 16.3. The van der Waals surface area contributed by atoms with Gasteiger partial charge < -0.3 is 9.64 Å². The third-order valence-corrected chi connectivity index (χ3v) is 6.19. The van der Waals surface area contributed by atoms with Crippen molar-refractivity contribution in [2.45, 2.75) is 37.6 Å². The molecule has 176 valence electrons. The smallest absolute Gasteiger partial charge is 0.417 e. The summed E-state index contributed by atoms with van der Waals surface area (Å²) in [6, 6.07) is 5.12. The molecule has 11 heteroatoms. The van der Waals surface area contributed by atoms with Crippen molar-refractivity contribution in [2.24, 2.45) is 5.92 Å². The van der Waals surface area contributed by atoms with E-state index in [9.17, 15) is 22.4 Å². The molecule has 0 unspecified atom stereocenters. The molecule has 34 heavy (non-hydrogen) atoms. The molecule has 6 rings (SSSR count). The van der Waals surface area contributed by atoms with E-state index in [1.54, 1.807) is 17.0 Å². The Balaban J connectivity index is 1.38. The summed E-state index contributed by atoms with van der Waals surface area (Å²) >= 11 is 0. The van der Waals surface area contributed by atoms with Gasteiger partial charge in [0, 0.05) is 25.0 Å². The van der Waals surface area contributed by atoms with Crippen molar-refractivity contribution in [3.63, 3.8) is 0 Å². The number of ether oxygens (including phenoxy) is 1. The number of piperidine rings is 2. The molecule has 3 aromatic heterocycles. The van der Waals surface area contributed by atoms with Crippen molar-refractivity contribution in [1.29, 1.82) is 0 Å². The molecule has 1 aliphatic carbocycles. The van der Waals surface area contributed by atoms with Gasteiger partial charge >= 0.3 is 6.18 Å². The summed E-state index contributed by atoms with van der Waals surface area (Å²) in [7, 11) is 0. The largest absolute Gasteiger partial charge is 0.472 e. The van der Waals surface area contributed by atoms with Crippen molar-refractivity contribution in [2.75, 3.05) is 6.54 Å². The van der Waals surface area contributed by atoms with Crippen LogP contribution in [0.25, 0.3) is 11.4 Å². The Labute approximate surface area is 191 Å². The van der Waals surface area contributed by atoms with Crippen LogP contribution in [-0.2, 0) is 6.18 Å². The maximum Gasteiger partial charge on any atom is 0.417 e. The Kier molecular flexibility index (Phi) is 5.62. The zero-order chi connectivity index (χ0) is 23.9. The number of carbonyl (C=O) groups is 1. The number of halogens is 4. The van der Waals surface area contributed by atoms with Crippen LogP contribution in [0.15, 0.2) is 49.1 Å². The number of aromatic nitrogens is 4. The molecule has 3 fully saturated rings. The molecule has 5 heterocycles. The number of hydrogen-bond acceptors (Lipinski definition) is 6. The Bertz CT molecular complexity index is 1190. The van der Waals surface area contributed by atoms with Gasteiger partial charge in [-0.15, -0.1) is 0 Å². The second kappa shape index (κ2) is 8.62. The van der Waals surface area contributed by atoms with Crippen molar-refractivity contribution in [1.82, 2.24) is 24.8 Å². The lowest BCUT2D eigenvalue weighted by Gasteiger charge is -2.49. The molecular weight excluding hydrogens is 454 g/mol. The molecule has 0 N–H and O–H groups in total. The highest BCUT2D eigenvalue weighted by Gasteiger charge is 2.45. The van der Waals surface area contributed by atoms with E-state index in [-0.39, 0.29) is 35.3 Å². The maximum atomic E-state index is 13.5. The number of alkyl halides is 3. The monoisotopic (exact) mass is 473 g/mol. The van der Waals surface area contributed by atoms with E-state index >= 15 is 0 Å². The predicted molar refractivity (Wildman–Crippen MR) is 111 cm³/mol. The van der Waals surface area contributed by atoms with Gasteiger partial charge in [-0.1, -0.05) is 0 Å². The van der Waals surface area contributed by atoms with Crippen molar-refractivity contribution in [3.8, 4) is 17.3 Å².